The molecule has 1 rings (SSSR count). The van der Waals surface area contributed by atoms with Gasteiger partial charge in [0.05, 0.1) is 0 Å². The first-order chi connectivity index (χ1) is 4.34. The highest BCUT2D eigenvalue weighted by atomic mass is 79.9. The van der Waals surface area contributed by atoms with Gasteiger partial charge in [-0.15, -0.1) is 17.0 Å². The van der Waals surface area contributed by atoms with Crippen molar-refractivity contribution in [1.82, 2.24) is 0 Å². The van der Waals surface area contributed by atoms with Gasteiger partial charge in [-0.1, -0.05) is 34.1 Å². The van der Waals surface area contributed by atoms with Crippen LogP contribution in [0.5, 0.6) is 0 Å². The molecule has 0 aromatic heterocycles. The average molecular weight is 267 g/mol. The summed E-state index contributed by atoms with van der Waals surface area (Å²) in [6.07, 6.45) is 0. The van der Waals surface area contributed by atoms with Gasteiger partial charge in [0.15, 0.2) is 0 Å². The minimum atomic E-state index is 0. The van der Waals surface area contributed by atoms with E-state index in [4.69, 9.17) is 5.73 Å². The highest BCUT2D eigenvalue weighted by Crippen LogP contribution is 2.14. The van der Waals surface area contributed by atoms with Crippen LogP contribution in [0.4, 0.5) is 0 Å². The Morgan fingerprint density at radius 1 is 1.30 bits per heavy atom. The minimum Gasteiger partial charge on any atom is -0.326 e. The first-order valence-corrected chi connectivity index (χ1v) is 3.57. The molecule has 10 heavy (non-hydrogen) atoms. The monoisotopic (exact) mass is 265 g/mol. The van der Waals surface area contributed by atoms with Crippen LogP contribution in [-0.4, -0.2) is 0 Å². The molecule has 0 bridgehead atoms. The summed E-state index contributed by atoms with van der Waals surface area (Å²) in [6, 6.07) is 7.95. The third-order valence-electron chi connectivity index (χ3n) is 1.18. The number of hydrogen-bond donors (Lipinski definition) is 1. The van der Waals surface area contributed by atoms with Crippen molar-refractivity contribution in [1.29, 1.82) is 0 Å². The van der Waals surface area contributed by atoms with Crippen LogP contribution in [0.25, 0.3) is 0 Å². The standard InChI is InChI=1S/C7H8BrN.BrH/c8-7-4-2-1-3-6(7)5-9;/h1-4H,5,9H2;1H. The highest BCUT2D eigenvalue weighted by molar-refractivity contribution is 9.10. The number of hydrogen-bond acceptors (Lipinski definition) is 1. The van der Waals surface area contributed by atoms with Gasteiger partial charge in [0, 0.05) is 11.0 Å². The lowest BCUT2D eigenvalue weighted by Crippen LogP contribution is -1.95. The van der Waals surface area contributed by atoms with E-state index in [1.807, 2.05) is 24.3 Å². The maximum atomic E-state index is 5.42. The summed E-state index contributed by atoms with van der Waals surface area (Å²) in [7, 11) is 0. The molecule has 0 atom stereocenters. The molecule has 0 fully saturated rings. The van der Waals surface area contributed by atoms with Gasteiger partial charge in [-0.2, -0.15) is 0 Å². The van der Waals surface area contributed by atoms with Gasteiger partial charge >= 0.3 is 0 Å². The van der Waals surface area contributed by atoms with Gasteiger partial charge in [-0.05, 0) is 11.6 Å². The quantitative estimate of drug-likeness (QED) is 0.831. The second kappa shape index (κ2) is 4.88. The van der Waals surface area contributed by atoms with Gasteiger partial charge in [0.1, 0.15) is 0 Å². The number of benzene rings is 1. The Labute approximate surface area is 79.5 Å². The fraction of sp³-hybridized carbons (Fsp3) is 0.143. The van der Waals surface area contributed by atoms with Crippen LogP contribution in [-0.2, 0) is 6.54 Å². The van der Waals surface area contributed by atoms with Crippen molar-refractivity contribution in [3.8, 4) is 0 Å². The lowest BCUT2D eigenvalue weighted by atomic mass is 10.2. The maximum absolute atomic E-state index is 5.42. The van der Waals surface area contributed by atoms with Crippen molar-refractivity contribution in [2.75, 3.05) is 0 Å². The van der Waals surface area contributed by atoms with E-state index in [1.165, 1.54) is 0 Å². The average Bonchev–Trinajstić information content (AvgIpc) is 1.89. The summed E-state index contributed by atoms with van der Waals surface area (Å²) in [4.78, 5) is 0. The molecule has 3 heteroatoms. The molecule has 0 unspecified atom stereocenters. The molecule has 0 saturated carbocycles. The molecule has 0 saturated heterocycles. The molecule has 0 heterocycles. The van der Waals surface area contributed by atoms with Crippen LogP contribution in [0.1, 0.15) is 5.56 Å². The van der Waals surface area contributed by atoms with Crippen LogP contribution in [0.15, 0.2) is 28.7 Å². The van der Waals surface area contributed by atoms with Crippen LogP contribution in [0, 0.1) is 0 Å². The molecule has 0 amide bonds. The van der Waals surface area contributed by atoms with Gasteiger partial charge in [0.25, 0.3) is 0 Å². The van der Waals surface area contributed by atoms with Crippen molar-refractivity contribution in [3.05, 3.63) is 34.3 Å². The van der Waals surface area contributed by atoms with Gasteiger partial charge < -0.3 is 5.73 Å². The molecule has 1 nitrogen and oxygen atoms in total. The van der Waals surface area contributed by atoms with Crippen LogP contribution in [0.3, 0.4) is 0 Å². The van der Waals surface area contributed by atoms with Crippen LogP contribution in [0.2, 0.25) is 0 Å². The Balaban J connectivity index is 0.000000810. The predicted molar refractivity (Wildman–Crippen MR) is 52.4 cm³/mol. The Bertz CT molecular complexity index is 201. The van der Waals surface area contributed by atoms with Crippen molar-refractivity contribution in [3.63, 3.8) is 0 Å². The van der Waals surface area contributed by atoms with E-state index in [9.17, 15) is 0 Å². The zero-order valence-corrected chi connectivity index (χ0v) is 8.68. The Morgan fingerprint density at radius 3 is 2.30 bits per heavy atom. The zero-order chi connectivity index (χ0) is 6.69. The van der Waals surface area contributed by atoms with E-state index in [0.717, 1.165) is 10.0 Å². The van der Waals surface area contributed by atoms with Crippen molar-refractivity contribution in [2.24, 2.45) is 5.73 Å². The van der Waals surface area contributed by atoms with E-state index in [-0.39, 0.29) is 17.0 Å². The highest BCUT2D eigenvalue weighted by Gasteiger charge is 1.91. The Kier molecular flexibility index (Phi) is 4.95. The smallest absolute Gasteiger partial charge is 0.0220 e. The maximum Gasteiger partial charge on any atom is 0.0220 e. The van der Waals surface area contributed by atoms with E-state index < -0.39 is 0 Å². The zero-order valence-electron chi connectivity index (χ0n) is 5.38. The summed E-state index contributed by atoms with van der Waals surface area (Å²) >= 11 is 3.38. The number of rotatable bonds is 1. The minimum absolute atomic E-state index is 0. The lowest BCUT2D eigenvalue weighted by Gasteiger charge is -1.96. The second-order valence-electron chi connectivity index (χ2n) is 1.80. The lowest BCUT2D eigenvalue weighted by molar-refractivity contribution is 1.06. The molecular weight excluding hydrogens is 258 g/mol. The number of nitrogens with two attached hydrogens (primary N) is 1. The SMILES string of the molecule is Br.NCc1ccccc1Br. The number of halogens is 2. The largest absolute Gasteiger partial charge is 0.326 e. The third-order valence-corrected chi connectivity index (χ3v) is 1.95. The Morgan fingerprint density at radius 2 is 1.90 bits per heavy atom. The van der Waals surface area contributed by atoms with E-state index in [2.05, 4.69) is 15.9 Å². The van der Waals surface area contributed by atoms with Gasteiger partial charge in [-0.25, -0.2) is 0 Å². The summed E-state index contributed by atoms with van der Waals surface area (Å²) in [5.74, 6) is 0. The van der Waals surface area contributed by atoms with E-state index in [1.54, 1.807) is 0 Å². The first kappa shape index (κ1) is 10.1. The van der Waals surface area contributed by atoms with Gasteiger partial charge in [0.2, 0.25) is 0 Å². The molecule has 2 N–H and O–H groups in total. The van der Waals surface area contributed by atoms with Crippen LogP contribution >= 0.6 is 32.9 Å². The molecule has 56 valence electrons. The second-order valence-corrected chi connectivity index (χ2v) is 2.65. The molecule has 0 spiro atoms. The molecule has 0 aliphatic carbocycles. The van der Waals surface area contributed by atoms with Gasteiger partial charge in [-0.3, -0.25) is 0 Å². The van der Waals surface area contributed by atoms with Crippen molar-refractivity contribution < 1.29 is 0 Å². The summed E-state index contributed by atoms with van der Waals surface area (Å²) in [5.41, 5.74) is 6.57. The van der Waals surface area contributed by atoms with Crippen LogP contribution < -0.4 is 5.73 Å². The molecule has 0 aliphatic heterocycles. The summed E-state index contributed by atoms with van der Waals surface area (Å²) in [6.45, 7) is 0.599. The first-order valence-electron chi connectivity index (χ1n) is 2.78. The molecule has 1 aromatic carbocycles. The normalized spacial score (nSPS) is 8.60. The topological polar surface area (TPSA) is 26.0 Å². The molecule has 0 radical (unpaired) electrons. The van der Waals surface area contributed by atoms with Crippen molar-refractivity contribution in [2.45, 2.75) is 6.54 Å². The molecule has 1 aromatic rings. The summed E-state index contributed by atoms with van der Waals surface area (Å²) in [5, 5.41) is 0. The Hall–Kier alpha value is 0.140. The third kappa shape index (κ3) is 2.40. The molecular formula is C7H9Br2N. The fourth-order valence-electron chi connectivity index (χ4n) is 0.664. The fourth-order valence-corrected chi connectivity index (χ4v) is 1.11. The predicted octanol–water partition coefficient (Wildman–Crippen LogP) is 2.49. The van der Waals surface area contributed by atoms with E-state index in [0.29, 0.717) is 6.54 Å². The van der Waals surface area contributed by atoms with Crippen molar-refractivity contribution >= 4 is 32.9 Å². The van der Waals surface area contributed by atoms with E-state index >= 15 is 0 Å². The molecule has 0 aliphatic rings. The summed E-state index contributed by atoms with van der Waals surface area (Å²) < 4.78 is 1.09.